The van der Waals surface area contributed by atoms with Crippen molar-refractivity contribution in [3.63, 3.8) is 0 Å². The van der Waals surface area contributed by atoms with Crippen LogP contribution in [0.5, 0.6) is 0 Å². The lowest BCUT2D eigenvalue weighted by atomic mass is 10.2. The van der Waals surface area contributed by atoms with Crippen LogP contribution >= 0.6 is 0 Å². The number of aliphatic imine (C=N–C) groups is 1. The van der Waals surface area contributed by atoms with Crippen LogP contribution in [0.3, 0.4) is 0 Å². The van der Waals surface area contributed by atoms with Crippen LogP contribution in [0.1, 0.15) is 12.7 Å². The number of morpholine rings is 1. The number of imidazole rings is 1. The highest BCUT2D eigenvalue weighted by atomic mass is 16.5. The van der Waals surface area contributed by atoms with E-state index >= 15 is 0 Å². The predicted molar refractivity (Wildman–Crippen MR) is 96.8 cm³/mol. The standard InChI is InChI=1S/C18H23N5O/c1-14(2)20-17(18-19-8-9-22(18)3)21-15-4-6-16(7-5-15)23-10-12-24-13-11-23/h4-9H,1,10-13H2,2-3H3,(H,20,21). The predicted octanol–water partition coefficient (Wildman–Crippen LogP) is 2.46. The summed E-state index contributed by atoms with van der Waals surface area (Å²) in [4.78, 5) is 11.4. The van der Waals surface area contributed by atoms with E-state index in [0.717, 1.165) is 43.5 Å². The van der Waals surface area contributed by atoms with Crippen LogP contribution in [-0.4, -0.2) is 41.7 Å². The fourth-order valence-corrected chi connectivity index (χ4v) is 2.62. The normalized spacial score (nSPS) is 15.4. The van der Waals surface area contributed by atoms with E-state index < -0.39 is 0 Å². The van der Waals surface area contributed by atoms with Crippen molar-refractivity contribution in [2.45, 2.75) is 6.92 Å². The second-order valence-electron chi connectivity index (χ2n) is 5.84. The summed E-state index contributed by atoms with van der Waals surface area (Å²) in [5.74, 6) is 1.46. The summed E-state index contributed by atoms with van der Waals surface area (Å²) >= 11 is 0. The molecule has 3 rings (SSSR count). The minimum atomic E-state index is 0.689. The molecule has 6 heteroatoms. The number of ether oxygens (including phenoxy) is 1. The van der Waals surface area contributed by atoms with Crippen molar-refractivity contribution in [1.82, 2.24) is 14.9 Å². The average Bonchev–Trinajstić information content (AvgIpc) is 3.01. The number of anilines is 1. The Bertz CT molecular complexity index is 726. The highest BCUT2D eigenvalue weighted by Crippen LogP contribution is 2.21. The fourth-order valence-electron chi connectivity index (χ4n) is 2.62. The lowest BCUT2D eigenvalue weighted by Crippen LogP contribution is -2.36. The monoisotopic (exact) mass is 325 g/mol. The van der Waals surface area contributed by atoms with Crippen LogP contribution in [0.25, 0.3) is 0 Å². The van der Waals surface area contributed by atoms with Gasteiger partial charge in [-0.2, -0.15) is 0 Å². The zero-order valence-electron chi connectivity index (χ0n) is 14.2. The molecule has 0 radical (unpaired) electrons. The number of rotatable bonds is 4. The Balaban J connectivity index is 1.84. The third-order valence-electron chi connectivity index (χ3n) is 3.83. The van der Waals surface area contributed by atoms with Gasteiger partial charge in [-0.15, -0.1) is 0 Å². The molecule has 0 atom stereocenters. The van der Waals surface area contributed by atoms with Gasteiger partial charge in [0.15, 0.2) is 11.7 Å². The SMILES string of the molecule is C=C(C)NC(=Nc1ccc(N2CCOCC2)cc1)c1nccn1C. The number of aromatic nitrogens is 2. The molecule has 0 spiro atoms. The quantitative estimate of drug-likeness (QED) is 0.693. The molecule has 0 unspecified atom stereocenters. The molecule has 1 aromatic heterocycles. The summed E-state index contributed by atoms with van der Waals surface area (Å²) in [6.45, 7) is 9.23. The second kappa shape index (κ2) is 7.31. The molecule has 0 saturated carbocycles. The van der Waals surface area contributed by atoms with Crippen LogP contribution in [-0.2, 0) is 11.8 Å². The number of amidine groups is 1. The van der Waals surface area contributed by atoms with Crippen molar-refractivity contribution >= 4 is 17.2 Å². The average molecular weight is 325 g/mol. The number of allylic oxidation sites excluding steroid dienone is 1. The number of benzene rings is 1. The van der Waals surface area contributed by atoms with E-state index in [-0.39, 0.29) is 0 Å². The molecule has 2 aromatic rings. The largest absolute Gasteiger partial charge is 0.378 e. The zero-order chi connectivity index (χ0) is 16.9. The molecule has 6 nitrogen and oxygen atoms in total. The maximum absolute atomic E-state index is 5.40. The third kappa shape index (κ3) is 3.83. The van der Waals surface area contributed by atoms with E-state index in [1.54, 1.807) is 6.20 Å². The van der Waals surface area contributed by atoms with E-state index in [1.807, 2.05) is 36.9 Å². The summed E-state index contributed by atoms with van der Waals surface area (Å²) in [5, 5.41) is 3.19. The first-order valence-corrected chi connectivity index (χ1v) is 8.05. The van der Waals surface area contributed by atoms with Gasteiger partial charge in [0, 0.05) is 43.9 Å². The fraction of sp³-hybridized carbons (Fsp3) is 0.333. The summed E-state index contributed by atoms with van der Waals surface area (Å²) in [7, 11) is 1.94. The summed E-state index contributed by atoms with van der Waals surface area (Å²) in [6, 6.07) is 8.24. The first kappa shape index (κ1) is 16.3. The smallest absolute Gasteiger partial charge is 0.175 e. The lowest BCUT2D eigenvalue weighted by Gasteiger charge is -2.28. The number of nitrogens with zero attached hydrogens (tertiary/aromatic N) is 4. The molecule has 1 aliphatic heterocycles. The molecule has 126 valence electrons. The Morgan fingerprint density at radius 2 is 1.96 bits per heavy atom. The first-order valence-electron chi connectivity index (χ1n) is 8.05. The maximum Gasteiger partial charge on any atom is 0.175 e. The molecule has 0 amide bonds. The highest BCUT2D eigenvalue weighted by Gasteiger charge is 2.12. The molecule has 0 aliphatic carbocycles. The topological polar surface area (TPSA) is 54.7 Å². The van der Waals surface area contributed by atoms with Crippen LogP contribution in [0.4, 0.5) is 11.4 Å². The summed E-state index contributed by atoms with van der Waals surface area (Å²) < 4.78 is 7.33. The molecule has 2 heterocycles. The molecule has 1 aliphatic rings. The van der Waals surface area contributed by atoms with Crippen molar-refractivity contribution in [2.24, 2.45) is 12.0 Å². The molecular weight excluding hydrogens is 302 g/mol. The van der Waals surface area contributed by atoms with E-state index in [4.69, 9.17) is 9.73 Å². The Morgan fingerprint density at radius 3 is 2.54 bits per heavy atom. The molecule has 1 fully saturated rings. The molecule has 24 heavy (non-hydrogen) atoms. The van der Waals surface area contributed by atoms with Gasteiger partial charge in [-0.1, -0.05) is 6.58 Å². The molecule has 1 saturated heterocycles. The van der Waals surface area contributed by atoms with Gasteiger partial charge in [0.25, 0.3) is 0 Å². The van der Waals surface area contributed by atoms with Gasteiger partial charge in [-0.25, -0.2) is 9.98 Å². The Kier molecular flexibility index (Phi) is 4.96. The molecular formula is C18H23N5O. The number of hydrogen-bond donors (Lipinski definition) is 1. The van der Waals surface area contributed by atoms with Gasteiger partial charge in [-0.05, 0) is 31.2 Å². The van der Waals surface area contributed by atoms with Crippen LogP contribution in [0.15, 0.2) is 53.9 Å². The van der Waals surface area contributed by atoms with Gasteiger partial charge in [0.05, 0.1) is 18.9 Å². The van der Waals surface area contributed by atoms with Crippen molar-refractivity contribution in [1.29, 1.82) is 0 Å². The Labute approximate surface area is 142 Å². The van der Waals surface area contributed by atoms with E-state index in [0.29, 0.717) is 5.84 Å². The van der Waals surface area contributed by atoms with Crippen LogP contribution < -0.4 is 10.2 Å². The minimum absolute atomic E-state index is 0.689. The van der Waals surface area contributed by atoms with Crippen molar-refractivity contribution < 1.29 is 4.74 Å². The minimum Gasteiger partial charge on any atom is -0.378 e. The second-order valence-corrected chi connectivity index (χ2v) is 5.84. The maximum atomic E-state index is 5.40. The summed E-state index contributed by atoms with van der Waals surface area (Å²) in [5.41, 5.74) is 2.89. The first-order chi connectivity index (χ1) is 11.6. The Morgan fingerprint density at radius 1 is 1.25 bits per heavy atom. The van der Waals surface area contributed by atoms with Gasteiger partial charge in [0.2, 0.25) is 0 Å². The van der Waals surface area contributed by atoms with Crippen LogP contribution in [0.2, 0.25) is 0 Å². The zero-order valence-corrected chi connectivity index (χ0v) is 14.2. The lowest BCUT2D eigenvalue weighted by molar-refractivity contribution is 0.122. The van der Waals surface area contributed by atoms with E-state index in [2.05, 4.69) is 33.9 Å². The van der Waals surface area contributed by atoms with Crippen molar-refractivity contribution in [3.8, 4) is 0 Å². The molecule has 1 N–H and O–H groups in total. The van der Waals surface area contributed by atoms with E-state index in [1.165, 1.54) is 5.69 Å². The molecule has 0 bridgehead atoms. The van der Waals surface area contributed by atoms with Gasteiger partial charge < -0.3 is 19.5 Å². The summed E-state index contributed by atoms with van der Waals surface area (Å²) in [6.07, 6.45) is 3.65. The molecule has 1 aromatic carbocycles. The van der Waals surface area contributed by atoms with Crippen molar-refractivity contribution in [2.75, 3.05) is 31.2 Å². The van der Waals surface area contributed by atoms with Crippen molar-refractivity contribution in [3.05, 3.63) is 54.8 Å². The van der Waals surface area contributed by atoms with E-state index in [9.17, 15) is 0 Å². The van der Waals surface area contributed by atoms with Crippen LogP contribution in [0, 0.1) is 0 Å². The van der Waals surface area contributed by atoms with Gasteiger partial charge in [-0.3, -0.25) is 0 Å². The third-order valence-corrected chi connectivity index (χ3v) is 3.83. The number of hydrogen-bond acceptors (Lipinski definition) is 4. The van der Waals surface area contributed by atoms with Gasteiger partial charge >= 0.3 is 0 Å². The Hall–Kier alpha value is -2.60. The number of nitrogens with one attached hydrogen (secondary N) is 1. The van der Waals surface area contributed by atoms with Gasteiger partial charge in [0.1, 0.15) is 0 Å². The highest BCUT2D eigenvalue weighted by molar-refractivity contribution is 5.98. The number of aryl methyl sites for hydroxylation is 1.